The van der Waals surface area contributed by atoms with Crippen molar-refractivity contribution < 1.29 is 9.18 Å². The standard InChI is InChI=1S/C18H15FN4O2/c19-15-3-1-14(2-4-15)16-5-6-18(25)23(22-16)12-17(24)21-11-13-7-9-20-10-8-13/h1-10H,11-12H2,(H,21,24). The van der Waals surface area contributed by atoms with Crippen molar-refractivity contribution in [3.05, 3.63) is 82.7 Å². The molecule has 3 rings (SSSR count). The first-order valence-electron chi connectivity index (χ1n) is 7.61. The summed E-state index contributed by atoms with van der Waals surface area (Å²) in [5.41, 5.74) is 1.67. The van der Waals surface area contributed by atoms with Crippen LogP contribution in [0.3, 0.4) is 0 Å². The number of carbonyl (C=O) groups is 1. The molecule has 0 aliphatic heterocycles. The maximum absolute atomic E-state index is 13.0. The number of carbonyl (C=O) groups excluding carboxylic acids is 1. The van der Waals surface area contributed by atoms with Gasteiger partial charge >= 0.3 is 0 Å². The van der Waals surface area contributed by atoms with Gasteiger partial charge in [0, 0.05) is 30.6 Å². The van der Waals surface area contributed by atoms with Crippen LogP contribution < -0.4 is 10.9 Å². The molecule has 1 N–H and O–H groups in total. The van der Waals surface area contributed by atoms with Crippen LogP contribution in [0, 0.1) is 5.82 Å². The number of rotatable bonds is 5. The summed E-state index contributed by atoms with van der Waals surface area (Å²) in [7, 11) is 0. The van der Waals surface area contributed by atoms with Crippen molar-refractivity contribution in [2.45, 2.75) is 13.1 Å². The third kappa shape index (κ3) is 4.35. The molecule has 0 unspecified atom stereocenters. The number of nitrogens with one attached hydrogen (secondary N) is 1. The molecule has 3 aromatic rings. The third-order valence-corrected chi connectivity index (χ3v) is 3.54. The summed E-state index contributed by atoms with van der Waals surface area (Å²) in [5, 5.41) is 6.90. The Hall–Kier alpha value is -3.35. The highest BCUT2D eigenvalue weighted by Gasteiger charge is 2.08. The lowest BCUT2D eigenvalue weighted by atomic mass is 10.1. The lowest BCUT2D eigenvalue weighted by molar-refractivity contribution is -0.122. The summed E-state index contributed by atoms with van der Waals surface area (Å²) in [4.78, 5) is 27.9. The van der Waals surface area contributed by atoms with E-state index in [4.69, 9.17) is 0 Å². The number of aromatic nitrogens is 3. The van der Waals surface area contributed by atoms with Crippen LogP contribution in [0.25, 0.3) is 11.3 Å². The molecule has 2 heterocycles. The van der Waals surface area contributed by atoms with Crippen molar-refractivity contribution in [2.24, 2.45) is 0 Å². The highest BCUT2D eigenvalue weighted by atomic mass is 19.1. The molecule has 0 fully saturated rings. The van der Waals surface area contributed by atoms with Crippen LogP contribution >= 0.6 is 0 Å². The second-order valence-electron chi connectivity index (χ2n) is 5.35. The van der Waals surface area contributed by atoms with E-state index >= 15 is 0 Å². The van der Waals surface area contributed by atoms with Gasteiger partial charge < -0.3 is 5.32 Å². The van der Waals surface area contributed by atoms with Crippen molar-refractivity contribution in [3.63, 3.8) is 0 Å². The highest BCUT2D eigenvalue weighted by Crippen LogP contribution is 2.15. The van der Waals surface area contributed by atoms with Crippen molar-refractivity contribution in [1.29, 1.82) is 0 Å². The van der Waals surface area contributed by atoms with Crippen LogP contribution in [0.5, 0.6) is 0 Å². The van der Waals surface area contributed by atoms with Gasteiger partial charge in [0.2, 0.25) is 5.91 Å². The first-order valence-corrected chi connectivity index (χ1v) is 7.61. The van der Waals surface area contributed by atoms with Gasteiger partial charge in [0.05, 0.1) is 5.69 Å². The zero-order valence-corrected chi connectivity index (χ0v) is 13.2. The molecule has 0 atom stereocenters. The fourth-order valence-electron chi connectivity index (χ4n) is 2.23. The van der Waals surface area contributed by atoms with Gasteiger partial charge in [-0.2, -0.15) is 5.10 Å². The molecular weight excluding hydrogens is 323 g/mol. The molecule has 0 spiro atoms. The highest BCUT2D eigenvalue weighted by molar-refractivity contribution is 5.75. The van der Waals surface area contributed by atoms with Crippen LogP contribution in [0.2, 0.25) is 0 Å². The Labute approximate surface area is 143 Å². The predicted octanol–water partition coefficient (Wildman–Crippen LogP) is 1.76. The number of hydrogen-bond acceptors (Lipinski definition) is 4. The largest absolute Gasteiger partial charge is 0.350 e. The number of nitrogens with zero attached hydrogens (tertiary/aromatic N) is 3. The molecule has 0 bridgehead atoms. The van der Waals surface area contributed by atoms with E-state index in [1.54, 1.807) is 42.7 Å². The van der Waals surface area contributed by atoms with Crippen molar-refractivity contribution in [3.8, 4) is 11.3 Å². The molecule has 1 aromatic carbocycles. The van der Waals surface area contributed by atoms with Crippen LogP contribution in [0.15, 0.2) is 65.7 Å². The van der Waals surface area contributed by atoms with Gasteiger partial charge in [-0.1, -0.05) is 0 Å². The van der Waals surface area contributed by atoms with Gasteiger partial charge in [0.25, 0.3) is 5.56 Å². The Morgan fingerprint density at radius 3 is 2.48 bits per heavy atom. The first-order chi connectivity index (χ1) is 12.1. The van der Waals surface area contributed by atoms with Gasteiger partial charge in [-0.25, -0.2) is 9.07 Å². The summed E-state index contributed by atoms with van der Waals surface area (Å²) in [6, 6.07) is 12.2. The minimum atomic E-state index is -0.384. The fourth-order valence-corrected chi connectivity index (χ4v) is 2.23. The van der Waals surface area contributed by atoms with E-state index in [1.165, 1.54) is 18.2 Å². The molecule has 6 nitrogen and oxygen atoms in total. The van der Waals surface area contributed by atoms with Gasteiger partial charge in [0.1, 0.15) is 12.4 Å². The first kappa shape index (κ1) is 16.5. The number of hydrogen-bond donors (Lipinski definition) is 1. The summed E-state index contributed by atoms with van der Waals surface area (Å²) in [6.07, 6.45) is 3.28. The Kier molecular flexibility index (Phi) is 4.94. The van der Waals surface area contributed by atoms with Crippen LogP contribution in [0.4, 0.5) is 4.39 Å². The van der Waals surface area contributed by atoms with Crippen molar-refractivity contribution in [2.75, 3.05) is 0 Å². The maximum Gasteiger partial charge on any atom is 0.267 e. The molecule has 25 heavy (non-hydrogen) atoms. The second kappa shape index (κ2) is 7.48. The van der Waals surface area contributed by atoms with E-state index in [-0.39, 0.29) is 23.8 Å². The molecule has 0 saturated heterocycles. The number of halogens is 1. The maximum atomic E-state index is 13.0. The normalized spacial score (nSPS) is 10.4. The van der Waals surface area contributed by atoms with E-state index in [0.29, 0.717) is 17.8 Å². The summed E-state index contributed by atoms with van der Waals surface area (Å²) < 4.78 is 14.1. The van der Waals surface area contributed by atoms with Crippen molar-refractivity contribution >= 4 is 5.91 Å². The lowest BCUT2D eigenvalue weighted by Gasteiger charge is -2.08. The molecule has 7 heteroatoms. The fraction of sp³-hybridized carbons (Fsp3) is 0.111. The van der Waals surface area contributed by atoms with Crippen LogP contribution in [-0.2, 0) is 17.9 Å². The van der Waals surface area contributed by atoms with E-state index in [9.17, 15) is 14.0 Å². The van der Waals surface area contributed by atoms with Crippen molar-refractivity contribution in [1.82, 2.24) is 20.1 Å². The van der Waals surface area contributed by atoms with Gasteiger partial charge in [-0.3, -0.25) is 14.6 Å². The monoisotopic (exact) mass is 338 g/mol. The minimum Gasteiger partial charge on any atom is -0.350 e. The van der Waals surface area contributed by atoms with E-state index in [1.807, 2.05) is 0 Å². The van der Waals surface area contributed by atoms with E-state index in [0.717, 1.165) is 10.2 Å². The number of amides is 1. The average Bonchev–Trinajstić information content (AvgIpc) is 2.63. The Balaban J connectivity index is 1.71. The molecule has 126 valence electrons. The zero-order chi connectivity index (χ0) is 17.6. The quantitative estimate of drug-likeness (QED) is 0.769. The second-order valence-corrected chi connectivity index (χ2v) is 5.35. The van der Waals surface area contributed by atoms with Crippen LogP contribution in [0.1, 0.15) is 5.56 Å². The molecule has 0 saturated carbocycles. The summed E-state index contributed by atoms with van der Waals surface area (Å²) >= 11 is 0. The predicted molar refractivity (Wildman–Crippen MR) is 90.0 cm³/mol. The average molecular weight is 338 g/mol. The third-order valence-electron chi connectivity index (χ3n) is 3.54. The molecular formula is C18H15FN4O2. The molecule has 1 amide bonds. The lowest BCUT2D eigenvalue weighted by Crippen LogP contribution is -2.33. The van der Waals surface area contributed by atoms with Gasteiger partial charge in [-0.05, 0) is 48.0 Å². The van der Waals surface area contributed by atoms with E-state index in [2.05, 4.69) is 15.4 Å². The summed E-state index contributed by atoms with van der Waals surface area (Å²) in [5.74, 6) is -0.685. The van der Waals surface area contributed by atoms with Gasteiger partial charge in [0.15, 0.2) is 0 Å². The molecule has 2 aromatic heterocycles. The zero-order valence-electron chi connectivity index (χ0n) is 13.2. The topological polar surface area (TPSA) is 76.9 Å². The minimum absolute atomic E-state index is 0.195. The SMILES string of the molecule is O=C(Cn1nc(-c2ccc(F)cc2)ccc1=O)NCc1ccncc1. The summed E-state index contributed by atoms with van der Waals surface area (Å²) in [6.45, 7) is 0.146. The molecule has 0 aliphatic carbocycles. The smallest absolute Gasteiger partial charge is 0.267 e. The Morgan fingerprint density at radius 1 is 1.04 bits per heavy atom. The molecule has 0 aliphatic rings. The number of pyridine rings is 1. The van der Waals surface area contributed by atoms with E-state index < -0.39 is 0 Å². The number of benzene rings is 1. The Bertz CT molecular complexity index is 924. The molecule has 0 radical (unpaired) electrons. The van der Waals surface area contributed by atoms with Gasteiger partial charge in [-0.15, -0.1) is 0 Å². The Morgan fingerprint density at radius 2 is 1.76 bits per heavy atom. The van der Waals surface area contributed by atoms with Crippen LogP contribution in [-0.4, -0.2) is 20.7 Å².